The molecule has 0 spiro atoms. The van der Waals surface area contributed by atoms with Gasteiger partial charge in [0.15, 0.2) is 5.82 Å². The van der Waals surface area contributed by atoms with Gasteiger partial charge in [-0.25, -0.2) is 14.5 Å². The molecule has 2 N–H and O–H groups in total. The molecule has 0 aliphatic carbocycles. The fraction of sp³-hybridized carbons (Fsp3) is 0.0952. The Labute approximate surface area is 162 Å². The molecule has 7 nitrogen and oxygen atoms in total. The number of nitrogens with one attached hydrogen (secondary N) is 2. The van der Waals surface area contributed by atoms with E-state index in [-0.39, 0.29) is 6.03 Å². The number of para-hydroxylation sites is 1. The van der Waals surface area contributed by atoms with E-state index in [2.05, 4.69) is 20.7 Å². The van der Waals surface area contributed by atoms with Gasteiger partial charge in [-0.1, -0.05) is 30.3 Å². The molecule has 0 saturated carbocycles. The van der Waals surface area contributed by atoms with Crippen LogP contribution in [0.2, 0.25) is 0 Å². The van der Waals surface area contributed by atoms with E-state index in [1.54, 1.807) is 17.2 Å². The molecule has 2 aromatic heterocycles. The maximum atomic E-state index is 12.3. The van der Waals surface area contributed by atoms with Gasteiger partial charge in [0.1, 0.15) is 0 Å². The lowest BCUT2D eigenvalue weighted by atomic mass is 10.2. The molecule has 0 radical (unpaired) electrons. The number of carbonyl (C=O) groups excluding carboxylic acids is 1. The van der Waals surface area contributed by atoms with Crippen molar-refractivity contribution >= 4 is 11.8 Å². The fourth-order valence-corrected chi connectivity index (χ4v) is 2.83. The summed E-state index contributed by atoms with van der Waals surface area (Å²) in [6.07, 6.45) is 7.26. The Bertz CT molecular complexity index is 1050. The number of nitrogens with zero attached hydrogens (tertiary/aromatic N) is 4. The summed E-state index contributed by atoms with van der Waals surface area (Å²) in [5, 5.41) is 10.1. The normalized spacial score (nSPS) is 10.6. The van der Waals surface area contributed by atoms with Gasteiger partial charge in [0.2, 0.25) is 0 Å². The minimum Gasteiger partial charge on any atom is -0.334 e. The second-order valence-electron chi connectivity index (χ2n) is 6.38. The van der Waals surface area contributed by atoms with Crippen LogP contribution < -0.4 is 10.6 Å². The number of imidazole rings is 1. The van der Waals surface area contributed by atoms with E-state index in [0.717, 1.165) is 22.5 Å². The van der Waals surface area contributed by atoms with Gasteiger partial charge >= 0.3 is 6.03 Å². The van der Waals surface area contributed by atoms with Crippen molar-refractivity contribution in [2.45, 2.75) is 13.5 Å². The highest BCUT2D eigenvalue weighted by molar-refractivity contribution is 5.88. The molecule has 7 heteroatoms. The zero-order valence-electron chi connectivity index (χ0n) is 15.4. The number of benzene rings is 2. The molecule has 2 amide bonds. The average molecular weight is 372 g/mol. The number of carbonyl (C=O) groups is 1. The standard InChI is InChI=1S/C21H20N6O/c1-16-14-27(19-5-3-2-4-6-19)25-20(16)24-21(28)23-13-17-7-9-18(10-8-17)26-12-11-22-15-26/h2-12,14-15H,13H2,1H3,(H2,23,24,25,28). The predicted molar refractivity (Wildman–Crippen MR) is 108 cm³/mol. The first-order valence-electron chi connectivity index (χ1n) is 8.93. The van der Waals surface area contributed by atoms with Crippen molar-refractivity contribution in [3.63, 3.8) is 0 Å². The lowest BCUT2D eigenvalue weighted by Crippen LogP contribution is -2.28. The number of aryl methyl sites for hydroxylation is 1. The van der Waals surface area contributed by atoms with E-state index in [0.29, 0.717) is 12.4 Å². The molecule has 0 atom stereocenters. The monoisotopic (exact) mass is 372 g/mol. The van der Waals surface area contributed by atoms with Crippen molar-refractivity contribution in [2.24, 2.45) is 0 Å². The molecule has 2 aromatic carbocycles. The van der Waals surface area contributed by atoms with Gasteiger partial charge in [-0.2, -0.15) is 0 Å². The van der Waals surface area contributed by atoms with Crippen LogP contribution in [0.5, 0.6) is 0 Å². The van der Waals surface area contributed by atoms with Gasteiger partial charge in [-0.3, -0.25) is 5.32 Å². The fourth-order valence-electron chi connectivity index (χ4n) is 2.83. The van der Waals surface area contributed by atoms with Crippen LogP contribution in [0.1, 0.15) is 11.1 Å². The minimum atomic E-state index is -0.292. The molecule has 4 rings (SSSR count). The van der Waals surface area contributed by atoms with Gasteiger partial charge in [0, 0.05) is 36.4 Å². The molecule has 140 valence electrons. The molecule has 28 heavy (non-hydrogen) atoms. The zero-order valence-corrected chi connectivity index (χ0v) is 15.4. The molecule has 0 fully saturated rings. The summed E-state index contributed by atoms with van der Waals surface area (Å²) in [5.74, 6) is 0.539. The van der Waals surface area contributed by atoms with Crippen LogP contribution in [0.3, 0.4) is 0 Å². The summed E-state index contributed by atoms with van der Waals surface area (Å²) in [4.78, 5) is 16.3. The number of hydrogen-bond donors (Lipinski definition) is 2. The summed E-state index contributed by atoms with van der Waals surface area (Å²) in [5.41, 5.74) is 3.86. The van der Waals surface area contributed by atoms with Crippen LogP contribution >= 0.6 is 0 Å². The Morgan fingerprint density at radius 1 is 1.04 bits per heavy atom. The van der Waals surface area contributed by atoms with Crippen molar-refractivity contribution in [1.29, 1.82) is 0 Å². The smallest absolute Gasteiger partial charge is 0.320 e. The quantitative estimate of drug-likeness (QED) is 0.561. The highest BCUT2D eigenvalue weighted by atomic mass is 16.2. The topological polar surface area (TPSA) is 76.8 Å². The molecule has 0 bridgehead atoms. The summed E-state index contributed by atoms with van der Waals surface area (Å²) in [7, 11) is 0. The summed E-state index contributed by atoms with van der Waals surface area (Å²) in [6.45, 7) is 2.34. The SMILES string of the molecule is Cc1cn(-c2ccccc2)nc1NC(=O)NCc1ccc(-n2ccnc2)cc1. The van der Waals surface area contributed by atoms with Crippen molar-refractivity contribution < 1.29 is 4.79 Å². The third-order valence-corrected chi connectivity index (χ3v) is 4.34. The number of hydrogen-bond acceptors (Lipinski definition) is 3. The molecular formula is C21H20N6O. The van der Waals surface area contributed by atoms with Crippen molar-refractivity contribution in [2.75, 3.05) is 5.32 Å². The first kappa shape index (κ1) is 17.5. The van der Waals surface area contributed by atoms with Crippen LogP contribution in [0.15, 0.2) is 79.5 Å². The average Bonchev–Trinajstić information content (AvgIpc) is 3.38. The molecular weight excluding hydrogens is 352 g/mol. The van der Waals surface area contributed by atoms with Crippen LogP contribution in [-0.2, 0) is 6.54 Å². The van der Waals surface area contributed by atoms with Crippen LogP contribution in [-0.4, -0.2) is 25.4 Å². The molecule has 0 unspecified atom stereocenters. The number of aromatic nitrogens is 4. The van der Waals surface area contributed by atoms with Crippen molar-refractivity contribution in [3.05, 3.63) is 90.6 Å². The van der Waals surface area contributed by atoms with E-state index >= 15 is 0 Å². The summed E-state index contributed by atoms with van der Waals surface area (Å²) in [6, 6.07) is 17.4. The Morgan fingerprint density at radius 3 is 2.54 bits per heavy atom. The lowest BCUT2D eigenvalue weighted by molar-refractivity contribution is 0.251. The Morgan fingerprint density at radius 2 is 1.82 bits per heavy atom. The van der Waals surface area contributed by atoms with Crippen molar-refractivity contribution in [1.82, 2.24) is 24.6 Å². The maximum Gasteiger partial charge on any atom is 0.320 e. The van der Waals surface area contributed by atoms with Gasteiger partial charge < -0.3 is 9.88 Å². The van der Waals surface area contributed by atoms with Crippen LogP contribution in [0.25, 0.3) is 11.4 Å². The Balaban J connectivity index is 1.35. The van der Waals surface area contributed by atoms with E-state index in [1.807, 2.05) is 78.5 Å². The van der Waals surface area contributed by atoms with Gasteiger partial charge in [0.25, 0.3) is 0 Å². The van der Waals surface area contributed by atoms with E-state index in [4.69, 9.17) is 0 Å². The number of rotatable bonds is 5. The highest BCUT2D eigenvalue weighted by Gasteiger charge is 2.10. The van der Waals surface area contributed by atoms with E-state index < -0.39 is 0 Å². The van der Waals surface area contributed by atoms with E-state index in [9.17, 15) is 4.79 Å². The third kappa shape index (κ3) is 3.93. The first-order chi connectivity index (χ1) is 13.7. The lowest BCUT2D eigenvalue weighted by Gasteiger charge is -2.08. The Hall–Kier alpha value is -3.87. The Kier molecular flexibility index (Phi) is 4.88. The summed E-state index contributed by atoms with van der Waals surface area (Å²) < 4.78 is 3.68. The van der Waals surface area contributed by atoms with E-state index in [1.165, 1.54) is 0 Å². The largest absolute Gasteiger partial charge is 0.334 e. The summed E-state index contributed by atoms with van der Waals surface area (Å²) >= 11 is 0. The molecule has 0 saturated heterocycles. The predicted octanol–water partition coefficient (Wildman–Crippen LogP) is 3.69. The van der Waals surface area contributed by atoms with Crippen LogP contribution in [0.4, 0.5) is 10.6 Å². The first-order valence-corrected chi connectivity index (χ1v) is 8.93. The van der Waals surface area contributed by atoms with Gasteiger partial charge in [0.05, 0.1) is 12.0 Å². The molecule has 0 aliphatic rings. The molecule has 2 heterocycles. The number of urea groups is 1. The van der Waals surface area contributed by atoms with Gasteiger partial charge in [-0.05, 0) is 36.8 Å². The zero-order chi connectivity index (χ0) is 19.3. The number of anilines is 1. The van der Waals surface area contributed by atoms with Gasteiger partial charge in [-0.15, -0.1) is 5.10 Å². The highest BCUT2D eigenvalue weighted by Crippen LogP contribution is 2.15. The minimum absolute atomic E-state index is 0.292. The van der Waals surface area contributed by atoms with Crippen molar-refractivity contribution in [3.8, 4) is 11.4 Å². The number of amides is 2. The second kappa shape index (κ2) is 7.79. The molecule has 4 aromatic rings. The molecule has 0 aliphatic heterocycles. The van der Waals surface area contributed by atoms with Crippen LogP contribution in [0, 0.1) is 6.92 Å². The second-order valence-corrected chi connectivity index (χ2v) is 6.38. The third-order valence-electron chi connectivity index (χ3n) is 4.34. The maximum absolute atomic E-state index is 12.3.